The second-order valence-electron chi connectivity index (χ2n) is 4.11. The third-order valence-corrected chi connectivity index (χ3v) is 2.80. The average Bonchev–Trinajstić information content (AvgIpc) is 2.52. The summed E-state index contributed by atoms with van der Waals surface area (Å²) in [5.41, 5.74) is 2.42. The van der Waals surface area contributed by atoms with Crippen molar-refractivity contribution in [3.05, 3.63) is 59.7 Å². The number of para-hydroxylation sites is 2. The van der Waals surface area contributed by atoms with Crippen LogP contribution in [0.1, 0.15) is 11.1 Å². The van der Waals surface area contributed by atoms with Crippen molar-refractivity contribution in [3.63, 3.8) is 0 Å². The molecule has 98 valence electrons. The van der Waals surface area contributed by atoms with Gasteiger partial charge in [-0.1, -0.05) is 36.3 Å². The summed E-state index contributed by atoms with van der Waals surface area (Å²) >= 11 is 0. The molecule has 20 heavy (non-hydrogen) atoms. The SMILES string of the molecule is C#CCOc1ccccc1CNc1ccccc1C#N. The number of terminal acetylenes is 1. The molecule has 0 amide bonds. The molecule has 0 saturated heterocycles. The minimum absolute atomic E-state index is 0.242. The van der Waals surface area contributed by atoms with Gasteiger partial charge in [-0.15, -0.1) is 6.42 Å². The zero-order chi connectivity index (χ0) is 14.2. The van der Waals surface area contributed by atoms with E-state index in [-0.39, 0.29) is 6.61 Å². The van der Waals surface area contributed by atoms with Crippen LogP contribution in [0.2, 0.25) is 0 Å². The van der Waals surface area contributed by atoms with E-state index in [0.717, 1.165) is 17.0 Å². The molecular formula is C17H14N2O. The number of rotatable bonds is 5. The average molecular weight is 262 g/mol. The van der Waals surface area contributed by atoms with Gasteiger partial charge in [0, 0.05) is 12.1 Å². The predicted molar refractivity (Wildman–Crippen MR) is 79.3 cm³/mol. The molecule has 2 rings (SSSR count). The minimum Gasteiger partial charge on any atom is -0.481 e. The second kappa shape index (κ2) is 6.87. The summed E-state index contributed by atoms with van der Waals surface area (Å²) in [7, 11) is 0. The number of anilines is 1. The highest BCUT2D eigenvalue weighted by Crippen LogP contribution is 2.20. The molecule has 3 nitrogen and oxygen atoms in total. The van der Waals surface area contributed by atoms with E-state index < -0.39 is 0 Å². The molecule has 0 heterocycles. The van der Waals surface area contributed by atoms with Gasteiger partial charge in [0.25, 0.3) is 0 Å². The van der Waals surface area contributed by atoms with E-state index in [0.29, 0.717) is 12.1 Å². The summed E-state index contributed by atoms with van der Waals surface area (Å²) in [5, 5.41) is 12.3. The lowest BCUT2D eigenvalue weighted by atomic mass is 10.1. The molecule has 0 radical (unpaired) electrons. The Kier molecular flexibility index (Phi) is 4.65. The number of nitrogens with one attached hydrogen (secondary N) is 1. The van der Waals surface area contributed by atoms with Crippen LogP contribution < -0.4 is 10.1 Å². The highest BCUT2D eigenvalue weighted by Gasteiger charge is 2.04. The van der Waals surface area contributed by atoms with Crippen molar-refractivity contribution in [1.82, 2.24) is 0 Å². The van der Waals surface area contributed by atoms with Crippen molar-refractivity contribution in [1.29, 1.82) is 5.26 Å². The Bertz CT molecular complexity index is 665. The topological polar surface area (TPSA) is 45.0 Å². The van der Waals surface area contributed by atoms with Gasteiger partial charge in [0.15, 0.2) is 0 Å². The molecule has 0 atom stereocenters. The van der Waals surface area contributed by atoms with Crippen molar-refractivity contribution in [2.75, 3.05) is 11.9 Å². The first-order valence-corrected chi connectivity index (χ1v) is 6.22. The van der Waals surface area contributed by atoms with E-state index in [1.165, 1.54) is 0 Å². The van der Waals surface area contributed by atoms with Crippen LogP contribution in [-0.4, -0.2) is 6.61 Å². The molecule has 3 heteroatoms. The maximum Gasteiger partial charge on any atom is 0.148 e. The van der Waals surface area contributed by atoms with Gasteiger partial charge in [0.05, 0.1) is 11.3 Å². The Morgan fingerprint density at radius 3 is 2.65 bits per heavy atom. The summed E-state index contributed by atoms with van der Waals surface area (Å²) in [5.74, 6) is 3.21. The summed E-state index contributed by atoms with van der Waals surface area (Å²) in [6, 6.07) is 17.2. The first-order chi connectivity index (χ1) is 9.85. The van der Waals surface area contributed by atoms with Gasteiger partial charge in [-0.3, -0.25) is 0 Å². The Morgan fingerprint density at radius 1 is 1.10 bits per heavy atom. The Balaban J connectivity index is 2.11. The number of nitrogens with zero attached hydrogens (tertiary/aromatic N) is 1. The summed E-state index contributed by atoms with van der Waals surface area (Å²) in [6.07, 6.45) is 5.20. The van der Waals surface area contributed by atoms with Crippen LogP contribution in [0.15, 0.2) is 48.5 Å². The maximum atomic E-state index is 9.05. The molecule has 0 bridgehead atoms. The smallest absolute Gasteiger partial charge is 0.148 e. The zero-order valence-electron chi connectivity index (χ0n) is 11.0. The third kappa shape index (κ3) is 3.31. The first kappa shape index (κ1) is 13.5. The molecule has 0 aromatic heterocycles. The molecule has 1 N–H and O–H groups in total. The van der Waals surface area contributed by atoms with Crippen LogP contribution in [0.4, 0.5) is 5.69 Å². The van der Waals surface area contributed by atoms with Gasteiger partial charge in [-0.05, 0) is 18.2 Å². The lowest BCUT2D eigenvalue weighted by Crippen LogP contribution is -2.04. The highest BCUT2D eigenvalue weighted by atomic mass is 16.5. The van der Waals surface area contributed by atoms with Crippen LogP contribution in [0.25, 0.3) is 0 Å². The standard InChI is InChI=1S/C17H14N2O/c1-2-11-20-17-10-6-4-8-15(17)13-19-16-9-5-3-7-14(16)12-18/h1,3-10,19H,11,13H2. The lowest BCUT2D eigenvalue weighted by Gasteiger charge is -2.12. The molecule has 0 aliphatic heterocycles. The molecular weight excluding hydrogens is 248 g/mol. The van der Waals surface area contributed by atoms with E-state index in [1.807, 2.05) is 42.5 Å². The van der Waals surface area contributed by atoms with Crippen LogP contribution >= 0.6 is 0 Å². The molecule has 2 aromatic rings. The maximum absolute atomic E-state index is 9.05. The molecule has 0 fully saturated rings. The number of nitriles is 1. The van der Waals surface area contributed by atoms with E-state index in [2.05, 4.69) is 17.3 Å². The van der Waals surface area contributed by atoms with Gasteiger partial charge >= 0.3 is 0 Å². The van der Waals surface area contributed by atoms with Gasteiger partial charge < -0.3 is 10.1 Å². The molecule has 2 aromatic carbocycles. The zero-order valence-corrected chi connectivity index (χ0v) is 11.0. The molecule has 0 saturated carbocycles. The fourth-order valence-electron chi connectivity index (χ4n) is 1.84. The molecule has 0 unspecified atom stereocenters. The largest absolute Gasteiger partial charge is 0.481 e. The quantitative estimate of drug-likeness (QED) is 0.842. The fraction of sp³-hybridized carbons (Fsp3) is 0.118. The molecule has 0 spiro atoms. The van der Waals surface area contributed by atoms with E-state index >= 15 is 0 Å². The Morgan fingerprint density at radius 2 is 1.85 bits per heavy atom. The van der Waals surface area contributed by atoms with Crippen molar-refractivity contribution in [2.24, 2.45) is 0 Å². The summed E-state index contributed by atoms with van der Waals surface area (Å²) in [6.45, 7) is 0.811. The van der Waals surface area contributed by atoms with E-state index in [9.17, 15) is 0 Å². The van der Waals surface area contributed by atoms with Gasteiger partial charge in [-0.25, -0.2) is 0 Å². The molecule has 0 aliphatic rings. The van der Waals surface area contributed by atoms with Crippen LogP contribution in [0, 0.1) is 23.7 Å². The highest BCUT2D eigenvalue weighted by molar-refractivity contribution is 5.57. The third-order valence-electron chi connectivity index (χ3n) is 2.80. The number of benzene rings is 2. The van der Waals surface area contributed by atoms with Gasteiger partial charge in [0.2, 0.25) is 0 Å². The Hall–Kier alpha value is -2.91. The normalized spacial score (nSPS) is 9.30. The van der Waals surface area contributed by atoms with Crippen molar-refractivity contribution >= 4 is 5.69 Å². The van der Waals surface area contributed by atoms with Gasteiger partial charge in [0.1, 0.15) is 18.4 Å². The number of ether oxygens (including phenoxy) is 1. The van der Waals surface area contributed by atoms with Crippen LogP contribution in [-0.2, 0) is 6.54 Å². The monoisotopic (exact) mass is 262 g/mol. The number of hydrogen-bond donors (Lipinski definition) is 1. The summed E-state index contributed by atoms with van der Waals surface area (Å²) in [4.78, 5) is 0. The number of hydrogen-bond acceptors (Lipinski definition) is 3. The van der Waals surface area contributed by atoms with Crippen LogP contribution in [0.5, 0.6) is 5.75 Å². The van der Waals surface area contributed by atoms with E-state index in [4.69, 9.17) is 16.4 Å². The first-order valence-electron chi connectivity index (χ1n) is 6.22. The van der Waals surface area contributed by atoms with Gasteiger partial charge in [-0.2, -0.15) is 5.26 Å². The van der Waals surface area contributed by atoms with E-state index in [1.54, 1.807) is 6.07 Å². The fourth-order valence-corrected chi connectivity index (χ4v) is 1.84. The molecule has 0 aliphatic carbocycles. The van der Waals surface area contributed by atoms with Crippen molar-refractivity contribution < 1.29 is 4.74 Å². The minimum atomic E-state index is 0.242. The van der Waals surface area contributed by atoms with Crippen molar-refractivity contribution in [2.45, 2.75) is 6.54 Å². The summed E-state index contributed by atoms with van der Waals surface area (Å²) < 4.78 is 5.49. The predicted octanol–water partition coefficient (Wildman–Crippen LogP) is 3.18. The second-order valence-corrected chi connectivity index (χ2v) is 4.11. The Labute approximate surface area is 118 Å². The lowest BCUT2D eigenvalue weighted by molar-refractivity contribution is 0.366. The van der Waals surface area contributed by atoms with Crippen LogP contribution in [0.3, 0.4) is 0 Å². The van der Waals surface area contributed by atoms with Crippen molar-refractivity contribution in [3.8, 4) is 24.2 Å².